The largest absolute Gasteiger partial charge is 0.487 e. The summed E-state index contributed by atoms with van der Waals surface area (Å²) in [5.74, 6) is 1.60. The van der Waals surface area contributed by atoms with Gasteiger partial charge in [0.15, 0.2) is 0 Å². The second kappa shape index (κ2) is 20.6. The summed E-state index contributed by atoms with van der Waals surface area (Å²) in [7, 11) is 3.38. The molecule has 4 heteroatoms. The molecule has 0 amide bonds. The zero-order valence-corrected chi connectivity index (χ0v) is 23.5. The molecule has 3 rings (SSSR count). The number of fused-ring (bicyclic) bond motifs is 1. The summed E-state index contributed by atoms with van der Waals surface area (Å²) in [6.45, 7) is 12.9. The second-order valence-electron chi connectivity index (χ2n) is 7.79. The van der Waals surface area contributed by atoms with Crippen LogP contribution in [0.1, 0.15) is 78.5 Å². The van der Waals surface area contributed by atoms with Gasteiger partial charge in [-0.1, -0.05) is 83.9 Å². The number of aliphatic imine (C=N–C) groups is 1. The Hall–Kier alpha value is -2.72. The molecule has 1 aromatic heterocycles. The highest BCUT2D eigenvalue weighted by Crippen LogP contribution is 2.23. The molecule has 0 saturated carbocycles. The minimum absolute atomic E-state index is 0.485. The summed E-state index contributed by atoms with van der Waals surface area (Å²) in [6.07, 6.45) is 5.85. The van der Waals surface area contributed by atoms with Gasteiger partial charge in [0.25, 0.3) is 0 Å². The first-order valence-corrected chi connectivity index (χ1v) is 13.2. The van der Waals surface area contributed by atoms with Crippen molar-refractivity contribution >= 4 is 16.6 Å². The van der Waals surface area contributed by atoms with Crippen LogP contribution in [-0.4, -0.2) is 24.8 Å². The van der Waals surface area contributed by atoms with Crippen LogP contribution in [0.2, 0.25) is 0 Å². The SMILES string of the molecule is CC.CC.CCCC(CCC(C)=NC)Cc1cccc(OCc2ccc3ccccc3n2)c1.CN. The van der Waals surface area contributed by atoms with E-state index in [2.05, 4.69) is 54.9 Å². The average Bonchev–Trinajstić information content (AvgIpc) is 2.94. The molecule has 0 aliphatic rings. The Labute approximate surface area is 215 Å². The van der Waals surface area contributed by atoms with Crippen LogP contribution in [0.25, 0.3) is 10.9 Å². The van der Waals surface area contributed by atoms with Crippen LogP contribution in [0, 0.1) is 5.92 Å². The summed E-state index contributed by atoms with van der Waals surface area (Å²) >= 11 is 0. The fraction of sp³-hybridized carbons (Fsp3) is 0.484. The molecule has 2 N–H and O–H groups in total. The first-order chi connectivity index (χ1) is 17.2. The Balaban J connectivity index is 0.00000179. The van der Waals surface area contributed by atoms with Crippen LogP contribution in [-0.2, 0) is 13.0 Å². The molecule has 0 radical (unpaired) electrons. The van der Waals surface area contributed by atoms with Crippen molar-refractivity contribution in [1.82, 2.24) is 4.98 Å². The number of aromatic nitrogens is 1. The molecule has 35 heavy (non-hydrogen) atoms. The Morgan fingerprint density at radius 3 is 2.34 bits per heavy atom. The van der Waals surface area contributed by atoms with Crippen molar-refractivity contribution in [1.29, 1.82) is 0 Å². The van der Waals surface area contributed by atoms with Crippen molar-refractivity contribution < 1.29 is 4.74 Å². The molecular formula is C31H49N3O. The molecule has 3 aromatic rings. The minimum Gasteiger partial charge on any atom is -0.487 e. The monoisotopic (exact) mass is 479 g/mol. The summed E-state index contributed by atoms with van der Waals surface area (Å²) in [6, 6.07) is 20.9. The van der Waals surface area contributed by atoms with Gasteiger partial charge in [-0.15, -0.1) is 0 Å². The molecule has 0 fully saturated rings. The number of nitrogens with two attached hydrogens (primary N) is 1. The lowest BCUT2D eigenvalue weighted by Crippen LogP contribution is -2.07. The number of hydrogen-bond acceptors (Lipinski definition) is 4. The van der Waals surface area contributed by atoms with Gasteiger partial charge in [0.1, 0.15) is 12.4 Å². The van der Waals surface area contributed by atoms with E-state index in [9.17, 15) is 0 Å². The zero-order valence-electron chi connectivity index (χ0n) is 23.5. The van der Waals surface area contributed by atoms with Crippen LogP contribution < -0.4 is 10.5 Å². The Morgan fingerprint density at radius 2 is 1.66 bits per heavy atom. The lowest BCUT2D eigenvalue weighted by molar-refractivity contribution is 0.301. The second-order valence-corrected chi connectivity index (χ2v) is 7.79. The van der Waals surface area contributed by atoms with E-state index in [1.54, 1.807) is 0 Å². The lowest BCUT2D eigenvalue weighted by atomic mass is 9.90. The fourth-order valence-corrected chi connectivity index (χ4v) is 3.72. The van der Waals surface area contributed by atoms with Gasteiger partial charge in [-0.3, -0.25) is 4.99 Å². The van der Waals surface area contributed by atoms with Gasteiger partial charge in [0, 0.05) is 18.1 Å². The summed E-state index contributed by atoms with van der Waals surface area (Å²) in [5, 5.41) is 1.16. The van der Waals surface area contributed by atoms with Gasteiger partial charge < -0.3 is 10.5 Å². The standard InChI is InChI=1S/C26H32N2O.2C2H6.CH5N/c1-4-8-21(14-13-20(2)27-3)17-22-9-7-11-25(18-22)29-19-24-16-15-23-10-5-6-12-26(23)28-24;3*1-2/h5-7,9-12,15-16,18,21H,4,8,13-14,17,19H2,1-3H3;2*1-2H3;2H2,1H3. The quantitative estimate of drug-likeness (QED) is 0.298. The van der Waals surface area contributed by atoms with Gasteiger partial charge in [0.05, 0.1) is 11.2 Å². The first kappa shape index (κ1) is 32.3. The van der Waals surface area contributed by atoms with E-state index >= 15 is 0 Å². The predicted molar refractivity (Wildman–Crippen MR) is 156 cm³/mol. The number of hydrogen-bond donors (Lipinski definition) is 1. The highest BCUT2D eigenvalue weighted by atomic mass is 16.5. The van der Waals surface area contributed by atoms with E-state index in [1.165, 1.54) is 37.6 Å². The van der Waals surface area contributed by atoms with Crippen LogP contribution in [0.15, 0.2) is 65.7 Å². The number of para-hydroxylation sites is 1. The molecule has 0 saturated heterocycles. The van der Waals surface area contributed by atoms with Gasteiger partial charge >= 0.3 is 0 Å². The van der Waals surface area contributed by atoms with Gasteiger partial charge in [-0.2, -0.15) is 0 Å². The number of pyridine rings is 1. The normalized spacial score (nSPS) is 11.2. The number of benzene rings is 2. The smallest absolute Gasteiger partial charge is 0.130 e. The van der Waals surface area contributed by atoms with Gasteiger partial charge in [-0.05, 0) is 69.0 Å². The third kappa shape index (κ3) is 12.5. The fourth-order valence-electron chi connectivity index (χ4n) is 3.72. The molecule has 4 nitrogen and oxygen atoms in total. The van der Waals surface area contributed by atoms with E-state index in [0.717, 1.165) is 35.2 Å². The van der Waals surface area contributed by atoms with Crippen LogP contribution in [0.5, 0.6) is 5.75 Å². The molecule has 2 aromatic carbocycles. The van der Waals surface area contributed by atoms with E-state index in [4.69, 9.17) is 9.72 Å². The molecule has 0 aliphatic carbocycles. The van der Waals surface area contributed by atoms with E-state index < -0.39 is 0 Å². The van der Waals surface area contributed by atoms with Crippen molar-refractivity contribution in [2.45, 2.75) is 80.3 Å². The highest BCUT2D eigenvalue weighted by molar-refractivity contribution is 5.81. The molecule has 0 spiro atoms. The minimum atomic E-state index is 0.485. The van der Waals surface area contributed by atoms with Crippen LogP contribution >= 0.6 is 0 Å². The molecule has 1 heterocycles. The Kier molecular flexibility index (Phi) is 19.0. The predicted octanol–water partition coefficient (Wildman–Crippen LogP) is 8.27. The Morgan fingerprint density at radius 1 is 0.943 bits per heavy atom. The zero-order chi connectivity index (χ0) is 26.5. The maximum atomic E-state index is 6.06. The van der Waals surface area contributed by atoms with Crippen molar-refractivity contribution in [3.05, 3.63) is 71.9 Å². The molecular weight excluding hydrogens is 430 g/mol. The van der Waals surface area contributed by atoms with Crippen LogP contribution in [0.4, 0.5) is 0 Å². The van der Waals surface area contributed by atoms with Crippen molar-refractivity contribution in [2.75, 3.05) is 14.1 Å². The lowest BCUT2D eigenvalue weighted by Gasteiger charge is -2.17. The number of nitrogens with zero attached hydrogens (tertiary/aromatic N) is 2. The topological polar surface area (TPSA) is 60.5 Å². The molecule has 0 aliphatic heterocycles. The number of rotatable bonds is 10. The van der Waals surface area contributed by atoms with Gasteiger partial charge in [-0.25, -0.2) is 4.98 Å². The third-order valence-corrected chi connectivity index (χ3v) is 5.46. The highest BCUT2D eigenvalue weighted by Gasteiger charge is 2.10. The molecule has 1 unspecified atom stereocenters. The third-order valence-electron chi connectivity index (χ3n) is 5.46. The van der Waals surface area contributed by atoms with Crippen molar-refractivity contribution in [3.63, 3.8) is 0 Å². The number of ether oxygens (including phenoxy) is 1. The van der Waals surface area contributed by atoms with E-state index in [0.29, 0.717) is 12.5 Å². The molecule has 1 atom stereocenters. The molecule has 194 valence electrons. The van der Waals surface area contributed by atoms with Crippen LogP contribution in [0.3, 0.4) is 0 Å². The first-order valence-electron chi connectivity index (χ1n) is 13.2. The summed E-state index contributed by atoms with van der Waals surface area (Å²) in [4.78, 5) is 9.00. The maximum absolute atomic E-state index is 6.06. The van der Waals surface area contributed by atoms with Crippen molar-refractivity contribution in [2.24, 2.45) is 16.6 Å². The average molecular weight is 480 g/mol. The Bertz CT molecular complexity index is 953. The van der Waals surface area contributed by atoms with E-state index in [1.807, 2.05) is 65.1 Å². The van der Waals surface area contributed by atoms with Gasteiger partial charge in [0.2, 0.25) is 0 Å². The summed E-state index contributed by atoms with van der Waals surface area (Å²) < 4.78 is 6.06. The maximum Gasteiger partial charge on any atom is 0.130 e. The summed E-state index contributed by atoms with van der Waals surface area (Å²) in [5.41, 5.74) is 9.05. The molecule has 0 bridgehead atoms. The van der Waals surface area contributed by atoms with Crippen molar-refractivity contribution in [3.8, 4) is 5.75 Å². The van der Waals surface area contributed by atoms with E-state index in [-0.39, 0.29) is 0 Å².